The highest BCUT2D eigenvalue weighted by Crippen LogP contribution is 2.50. The Hall–Kier alpha value is -4.53. The highest BCUT2D eigenvalue weighted by atomic mass is 19.1. The van der Waals surface area contributed by atoms with Crippen molar-refractivity contribution in [1.82, 2.24) is 30.4 Å². The first-order chi connectivity index (χ1) is 19.4. The summed E-state index contributed by atoms with van der Waals surface area (Å²) in [4.78, 5) is 38.7. The molecule has 3 aromatic heterocycles. The molecule has 12 heteroatoms. The number of hydrogen-bond donors (Lipinski definition) is 2. The molecule has 3 aliphatic rings. The van der Waals surface area contributed by atoms with Crippen molar-refractivity contribution in [2.45, 2.75) is 43.7 Å². The average molecular weight is 545 g/mol. The van der Waals surface area contributed by atoms with E-state index in [1.165, 1.54) is 13.2 Å². The van der Waals surface area contributed by atoms with Gasteiger partial charge in [-0.15, -0.1) is 0 Å². The Kier molecular flexibility index (Phi) is 6.57. The normalized spacial score (nSPS) is 21.2. The third-order valence-corrected chi connectivity index (χ3v) is 8.23. The van der Waals surface area contributed by atoms with Gasteiger partial charge >= 0.3 is 0 Å². The molecule has 2 atom stereocenters. The van der Waals surface area contributed by atoms with Crippen LogP contribution in [0.15, 0.2) is 36.7 Å². The van der Waals surface area contributed by atoms with E-state index in [4.69, 9.17) is 10.00 Å². The van der Waals surface area contributed by atoms with Crippen LogP contribution in [-0.2, 0) is 4.79 Å². The molecule has 3 fully saturated rings. The second-order valence-corrected chi connectivity index (χ2v) is 10.7. The van der Waals surface area contributed by atoms with Gasteiger partial charge in [-0.2, -0.15) is 10.4 Å². The van der Waals surface area contributed by atoms with Crippen molar-refractivity contribution in [2.24, 2.45) is 5.92 Å². The van der Waals surface area contributed by atoms with Crippen LogP contribution in [-0.4, -0.2) is 75.2 Å². The Labute approximate surface area is 230 Å². The Bertz CT molecular complexity index is 1480. The Balaban J connectivity index is 1.07. The fourth-order valence-corrected chi connectivity index (χ4v) is 5.87. The minimum atomic E-state index is -0.548. The number of carbonyl (C=O) groups is 2. The summed E-state index contributed by atoms with van der Waals surface area (Å²) >= 11 is 0. The van der Waals surface area contributed by atoms with Crippen molar-refractivity contribution >= 4 is 17.5 Å². The van der Waals surface area contributed by atoms with E-state index in [2.05, 4.69) is 30.4 Å². The minimum absolute atomic E-state index is 0.0346. The molecule has 40 heavy (non-hydrogen) atoms. The number of anilines is 1. The molecule has 2 amide bonds. The van der Waals surface area contributed by atoms with Gasteiger partial charge in [-0.1, -0.05) is 0 Å². The van der Waals surface area contributed by atoms with Gasteiger partial charge in [-0.3, -0.25) is 14.7 Å². The molecule has 1 aliphatic carbocycles. The van der Waals surface area contributed by atoms with Crippen molar-refractivity contribution < 1.29 is 18.7 Å². The quantitative estimate of drug-likeness (QED) is 0.483. The predicted molar refractivity (Wildman–Crippen MR) is 142 cm³/mol. The molecule has 2 aliphatic heterocycles. The van der Waals surface area contributed by atoms with E-state index in [1.807, 2.05) is 17.0 Å². The molecule has 0 aromatic carbocycles. The summed E-state index contributed by atoms with van der Waals surface area (Å²) in [6.07, 6.45) is 6.48. The third kappa shape index (κ3) is 4.83. The van der Waals surface area contributed by atoms with Gasteiger partial charge in [0.15, 0.2) is 11.5 Å². The summed E-state index contributed by atoms with van der Waals surface area (Å²) in [6.45, 7) is 1.95. The van der Waals surface area contributed by atoms with E-state index < -0.39 is 5.82 Å². The third-order valence-electron chi connectivity index (χ3n) is 8.23. The number of hydrogen-bond acceptors (Lipinski definition) is 8. The fourth-order valence-electron chi connectivity index (χ4n) is 5.87. The molecule has 5 heterocycles. The number of aromatic nitrogens is 4. The highest BCUT2D eigenvalue weighted by molar-refractivity contribution is 5.94. The maximum Gasteiger partial charge on any atom is 0.274 e. The number of nitrogens with zero attached hydrogens (tertiary/aromatic N) is 6. The van der Waals surface area contributed by atoms with E-state index in [9.17, 15) is 14.0 Å². The number of aromatic amines is 1. The maximum absolute atomic E-state index is 14.4. The molecule has 1 spiro atoms. The van der Waals surface area contributed by atoms with Crippen LogP contribution in [0.1, 0.15) is 48.3 Å². The molecule has 0 radical (unpaired) electrons. The molecule has 2 unspecified atom stereocenters. The van der Waals surface area contributed by atoms with Gasteiger partial charge in [0.1, 0.15) is 11.8 Å². The number of likely N-dealkylation sites (tertiary alicyclic amines) is 1. The average Bonchev–Trinajstić information content (AvgIpc) is 3.35. The van der Waals surface area contributed by atoms with Gasteiger partial charge in [-0.05, 0) is 50.3 Å². The molecule has 2 N–H and O–H groups in total. The lowest BCUT2D eigenvalue weighted by molar-refractivity contribution is -0.127. The zero-order chi connectivity index (χ0) is 27.9. The number of amides is 2. The molecule has 1 saturated carbocycles. The molecular weight excluding hydrogens is 515 g/mol. The molecule has 6 rings (SSSR count). The zero-order valence-corrected chi connectivity index (χ0v) is 22.1. The predicted octanol–water partition coefficient (Wildman–Crippen LogP) is 2.67. The van der Waals surface area contributed by atoms with Crippen LogP contribution < -0.4 is 15.0 Å². The van der Waals surface area contributed by atoms with Gasteiger partial charge in [0, 0.05) is 48.8 Å². The van der Waals surface area contributed by atoms with Crippen LogP contribution in [0.25, 0.3) is 11.3 Å². The van der Waals surface area contributed by atoms with Crippen LogP contribution in [0.2, 0.25) is 0 Å². The molecule has 0 bridgehead atoms. The summed E-state index contributed by atoms with van der Waals surface area (Å²) in [5.74, 6) is -0.638. The Morgan fingerprint density at radius 3 is 2.77 bits per heavy atom. The maximum atomic E-state index is 14.4. The summed E-state index contributed by atoms with van der Waals surface area (Å²) < 4.78 is 19.5. The summed E-state index contributed by atoms with van der Waals surface area (Å²) in [6, 6.07) is 8.64. The van der Waals surface area contributed by atoms with Crippen molar-refractivity contribution in [3.8, 4) is 23.2 Å². The number of piperidine rings is 1. The largest absolute Gasteiger partial charge is 0.481 e. The lowest BCUT2D eigenvalue weighted by Gasteiger charge is -2.39. The van der Waals surface area contributed by atoms with Gasteiger partial charge in [0.25, 0.3) is 5.91 Å². The number of rotatable bonds is 6. The minimum Gasteiger partial charge on any atom is -0.481 e. The van der Waals surface area contributed by atoms with Crippen LogP contribution in [0, 0.1) is 23.1 Å². The second kappa shape index (κ2) is 10.2. The first-order valence-electron chi connectivity index (χ1n) is 13.4. The first kappa shape index (κ1) is 25.7. The van der Waals surface area contributed by atoms with Gasteiger partial charge < -0.3 is 19.9 Å². The van der Waals surface area contributed by atoms with E-state index in [0.29, 0.717) is 37.3 Å². The molecule has 206 valence electrons. The number of nitrogens with one attached hydrogen (secondary N) is 2. The lowest BCUT2D eigenvalue weighted by Crippen LogP contribution is -2.52. The number of H-pyrrole nitrogens is 1. The van der Waals surface area contributed by atoms with Crippen LogP contribution in [0.5, 0.6) is 5.88 Å². The number of carbonyl (C=O) groups excluding carboxylic acids is 2. The first-order valence-corrected chi connectivity index (χ1v) is 13.4. The smallest absolute Gasteiger partial charge is 0.274 e. The highest BCUT2D eigenvalue weighted by Gasteiger charge is 2.54. The van der Waals surface area contributed by atoms with Gasteiger partial charge in [-0.25, -0.2) is 14.4 Å². The van der Waals surface area contributed by atoms with Crippen molar-refractivity contribution in [3.63, 3.8) is 0 Å². The Morgan fingerprint density at radius 2 is 2.05 bits per heavy atom. The molecule has 3 aromatic rings. The molecule has 11 nitrogen and oxygen atoms in total. The summed E-state index contributed by atoms with van der Waals surface area (Å²) in [5.41, 5.74) is 1.77. The topological polar surface area (TPSA) is 140 Å². The van der Waals surface area contributed by atoms with Gasteiger partial charge in [0.05, 0.1) is 30.9 Å². The number of pyridine rings is 2. The number of nitriles is 1. The monoisotopic (exact) mass is 544 g/mol. The number of ether oxygens (including phenoxy) is 1. The van der Waals surface area contributed by atoms with E-state index >= 15 is 0 Å². The van der Waals surface area contributed by atoms with E-state index in [1.54, 1.807) is 18.3 Å². The number of halogens is 1. The van der Waals surface area contributed by atoms with Crippen LogP contribution >= 0.6 is 0 Å². The second-order valence-electron chi connectivity index (χ2n) is 10.7. The SMILES string of the molecule is COc1cc(-c2cc(C(=O)N3CCC(C(=O)NC4CCN(c5ccc(C#N)nc5)C4)CC34CC4)n[nH]2)c(F)cn1. The zero-order valence-electron chi connectivity index (χ0n) is 22.1. The van der Waals surface area contributed by atoms with E-state index in [0.717, 1.165) is 37.7 Å². The van der Waals surface area contributed by atoms with Crippen LogP contribution in [0.4, 0.5) is 10.1 Å². The molecule has 2 saturated heterocycles. The molecular formula is C28H29FN8O3. The fraction of sp³-hybridized carbons (Fsp3) is 0.429. The van der Waals surface area contributed by atoms with E-state index in [-0.39, 0.29) is 46.5 Å². The Morgan fingerprint density at radius 1 is 1.20 bits per heavy atom. The van der Waals surface area contributed by atoms with Gasteiger partial charge in [0.2, 0.25) is 11.8 Å². The summed E-state index contributed by atoms with van der Waals surface area (Å²) in [7, 11) is 1.45. The van der Waals surface area contributed by atoms with Crippen molar-refractivity contribution in [1.29, 1.82) is 5.26 Å². The summed E-state index contributed by atoms with van der Waals surface area (Å²) in [5, 5.41) is 19.1. The van der Waals surface area contributed by atoms with Crippen molar-refractivity contribution in [2.75, 3.05) is 31.6 Å². The van der Waals surface area contributed by atoms with Crippen molar-refractivity contribution in [3.05, 3.63) is 53.9 Å². The van der Waals surface area contributed by atoms with Crippen LogP contribution in [0.3, 0.4) is 0 Å². The lowest BCUT2D eigenvalue weighted by atomic mass is 9.87. The standard InChI is InChI=1S/C28H29FN8O3/c1-40-25-10-21(22(29)15-32-25)23-11-24(35-34-23)27(39)37-9-4-17(12-28(37)6-7-28)26(38)33-19-5-8-36(16-19)20-3-2-18(13-30)31-14-20/h2-3,10-11,14-15,17,19H,4-9,12,16H2,1H3,(H,33,38)(H,34,35). The number of methoxy groups -OCH3 is 1.